The minimum absolute atomic E-state index is 0.000107. The quantitative estimate of drug-likeness (QED) is 0.134. The number of hydrogen-bond acceptors (Lipinski definition) is 6. The third kappa shape index (κ3) is 5.63. The summed E-state index contributed by atoms with van der Waals surface area (Å²) in [6.45, 7) is 4.21. The van der Waals surface area contributed by atoms with Gasteiger partial charge in [-0.25, -0.2) is 4.98 Å². The second-order valence-electron chi connectivity index (χ2n) is 8.20. The molecule has 1 heterocycles. The van der Waals surface area contributed by atoms with Crippen molar-refractivity contribution in [1.82, 2.24) is 9.66 Å². The number of rotatable bonds is 8. The average molecular weight is 570 g/mol. The predicted molar refractivity (Wildman–Crippen MR) is 144 cm³/mol. The van der Waals surface area contributed by atoms with Gasteiger partial charge in [-0.05, 0) is 60.5 Å². The Morgan fingerprint density at radius 2 is 1.94 bits per heavy atom. The van der Waals surface area contributed by atoms with E-state index in [4.69, 9.17) is 21.3 Å². The smallest absolute Gasteiger partial charge is 0.282 e. The van der Waals surface area contributed by atoms with Crippen molar-refractivity contribution >= 4 is 50.3 Å². The second kappa shape index (κ2) is 11.0. The maximum absolute atomic E-state index is 13.4. The van der Waals surface area contributed by atoms with E-state index in [1.165, 1.54) is 23.0 Å². The van der Waals surface area contributed by atoms with E-state index in [0.29, 0.717) is 33.1 Å². The van der Waals surface area contributed by atoms with E-state index in [9.17, 15) is 14.9 Å². The first-order valence-electron chi connectivity index (χ1n) is 11.2. The molecule has 8 nitrogen and oxygen atoms in total. The third-order valence-corrected chi connectivity index (χ3v) is 6.44. The SMILES string of the molecule is CC[C@H](C)c1nc2ccc(Br)cc2c(=O)n1N=Cc1cc(Cl)ccc1OCc1ccc([N+](=O)[O-])cc1. The number of fused-ring (bicyclic) bond motifs is 1. The van der Waals surface area contributed by atoms with Gasteiger partial charge in [0.25, 0.3) is 11.2 Å². The van der Waals surface area contributed by atoms with Gasteiger partial charge in [-0.2, -0.15) is 9.78 Å². The van der Waals surface area contributed by atoms with Crippen LogP contribution >= 0.6 is 27.5 Å². The van der Waals surface area contributed by atoms with Gasteiger partial charge in [0, 0.05) is 33.1 Å². The molecule has 4 rings (SSSR count). The predicted octanol–water partition coefficient (Wildman–Crippen LogP) is 6.70. The van der Waals surface area contributed by atoms with Crippen molar-refractivity contribution < 1.29 is 9.66 Å². The van der Waals surface area contributed by atoms with Gasteiger partial charge in [0.05, 0.1) is 22.0 Å². The molecule has 0 unspecified atom stereocenters. The molecule has 0 aliphatic heterocycles. The lowest BCUT2D eigenvalue weighted by molar-refractivity contribution is -0.384. The monoisotopic (exact) mass is 568 g/mol. The van der Waals surface area contributed by atoms with Crippen LogP contribution in [0, 0.1) is 10.1 Å². The van der Waals surface area contributed by atoms with E-state index in [1.807, 2.05) is 26.0 Å². The summed E-state index contributed by atoms with van der Waals surface area (Å²) in [5.41, 5.74) is 1.68. The van der Waals surface area contributed by atoms with Gasteiger partial charge in [-0.15, -0.1) is 0 Å². The lowest BCUT2D eigenvalue weighted by Gasteiger charge is -2.14. The number of hydrogen-bond donors (Lipinski definition) is 0. The van der Waals surface area contributed by atoms with Crippen molar-refractivity contribution in [2.45, 2.75) is 32.8 Å². The molecule has 1 aromatic heterocycles. The van der Waals surface area contributed by atoms with Crippen molar-refractivity contribution in [2.75, 3.05) is 0 Å². The Morgan fingerprint density at radius 3 is 2.64 bits per heavy atom. The number of ether oxygens (including phenoxy) is 1. The molecule has 0 saturated carbocycles. The van der Waals surface area contributed by atoms with Gasteiger partial charge in [0.1, 0.15) is 18.2 Å². The largest absolute Gasteiger partial charge is 0.488 e. The zero-order valence-electron chi connectivity index (χ0n) is 19.5. The molecule has 0 radical (unpaired) electrons. The Balaban J connectivity index is 1.69. The number of halogens is 2. The van der Waals surface area contributed by atoms with Gasteiger partial charge < -0.3 is 4.74 Å². The molecule has 0 fully saturated rings. The van der Waals surface area contributed by atoms with Crippen LogP contribution < -0.4 is 10.3 Å². The number of nitro benzene ring substituents is 1. The summed E-state index contributed by atoms with van der Waals surface area (Å²) in [5.74, 6) is 1.06. The maximum Gasteiger partial charge on any atom is 0.282 e. The van der Waals surface area contributed by atoms with Crippen LogP contribution in [0.5, 0.6) is 5.75 Å². The molecule has 0 saturated heterocycles. The van der Waals surface area contributed by atoms with Crippen molar-refractivity contribution in [2.24, 2.45) is 5.10 Å². The van der Waals surface area contributed by atoms with Crippen LogP contribution in [-0.2, 0) is 6.61 Å². The van der Waals surface area contributed by atoms with E-state index in [-0.39, 0.29) is 23.8 Å². The highest BCUT2D eigenvalue weighted by Crippen LogP contribution is 2.24. The van der Waals surface area contributed by atoms with Crippen LogP contribution in [0.15, 0.2) is 75.0 Å². The number of nitro groups is 1. The highest BCUT2D eigenvalue weighted by atomic mass is 79.9. The first-order valence-corrected chi connectivity index (χ1v) is 12.4. The minimum Gasteiger partial charge on any atom is -0.488 e. The zero-order valence-corrected chi connectivity index (χ0v) is 21.9. The highest BCUT2D eigenvalue weighted by molar-refractivity contribution is 9.10. The second-order valence-corrected chi connectivity index (χ2v) is 9.55. The van der Waals surface area contributed by atoms with E-state index in [1.54, 1.807) is 36.4 Å². The molecule has 1 atom stereocenters. The number of benzene rings is 3. The molecule has 4 aromatic rings. The Morgan fingerprint density at radius 1 is 1.19 bits per heavy atom. The molecule has 0 N–H and O–H groups in total. The Kier molecular flexibility index (Phi) is 7.81. The van der Waals surface area contributed by atoms with Crippen LogP contribution in [0.2, 0.25) is 5.02 Å². The molecular weight excluding hydrogens is 548 g/mol. The normalized spacial score (nSPS) is 12.2. The summed E-state index contributed by atoms with van der Waals surface area (Å²) in [6, 6.07) is 16.6. The summed E-state index contributed by atoms with van der Waals surface area (Å²) in [5, 5.41) is 16.3. The summed E-state index contributed by atoms with van der Waals surface area (Å²) in [7, 11) is 0. The summed E-state index contributed by atoms with van der Waals surface area (Å²) >= 11 is 9.64. The Labute approximate surface area is 220 Å². The number of non-ortho nitro benzene ring substituents is 1. The molecule has 184 valence electrons. The summed E-state index contributed by atoms with van der Waals surface area (Å²) < 4.78 is 8.05. The molecule has 0 amide bonds. The molecular formula is C26H22BrClN4O4. The fraction of sp³-hybridized carbons (Fsp3) is 0.192. The van der Waals surface area contributed by atoms with E-state index >= 15 is 0 Å². The van der Waals surface area contributed by atoms with Crippen LogP contribution in [0.4, 0.5) is 5.69 Å². The molecule has 0 bridgehead atoms. The minimum atomic E-state index is -0.450. The number of aromatic nitrogens is 2. The fourth-order valence-corrected chi connectivity index (χ4v) is 4.07. The topological polar surface area (TPSA) is 99.6 Å². The Bertz CT molecular complexity index is 1520. The first kappa shape index (κ1) is 25.5. The van der Waals surface area contributed by atoms with E-state index < -0.39 is 4.92 Å². The first-order chi connectivity index (χ1) is 17.3. The summed E-state index contributed by atoms with van der Waals surface area (Å²) in [6.07, 6.45) is 2.31. The van der Waals surface area contributed by atoms with E-state index in [2.05, 4.69) is 21.0 Å². The molecule has 0 aliphatic rings. The molecule has 0 aliphatic carbocycles. The molecule has 10 heteroatoms. The van der Waals surface area contributed by atoms with Crippen molar-refractivity contribution in [1.29, 1.82) is 0 Å². The lowest BCUT2D eigenvalue weighted by atomic mass is 10.1. The fourth-order valence-electron chi connectivity index (χ4n) is 3.53. The van der Waals surface area contributed by atoms with Crippen LogP contribution in [0.1, 0.15) is 43.1 Å². The van der Waals surface area contributed by atoms with Crippen molar-refractivity contribution in [3.63, 3.8) is 0 Å². The summed E-state index contributed by atoms with van der Waals surface area (Å²) in [4.78, 5) is 28.5. The van der Waals surface area contributed by atoms with Crippen LogP contribution in [-0.4, -0.2) is 20.8 Å². The van der Waals surface area contributed by atoms with Gasteiger partial charge in [0.15, 0.2) is 0 Å². The number of nitrogens with zero attached hydrogens (tertiary/aromatic N) is 4. The van der Waals surface area contributed by atoms with Crippen molar-refractivity contribution in [3.05, 3.63) is 108 Å². The van der Waals surface area contributed by atoms with Gasteiger partial charge in [-0.1, -0.05) is 41.4 Å². The van der Waals surface area contributed by atoms with E-state index in [0.717, 1.165) is 16.5 Å². The third-order valence-electron chi connectivity index (χ3n) is 5.71. The lowest BCUT2D eigenvalue weighted by Crippen LogP contribution is -2.23. The molecule has 36 heavy (non-hydrogen) atoms. The van der Waals surface area contributed by atoms with Gasteiger partial charge in [-0.3, -0.25) is 14.9 Å². The van der Waals surface area contributed by atoms with Crippen molar-refractivity contribution in [3.8, 4) is 5.75 Å². The highest BCUT2D eigenvalue weighted by Gasteiger charge is 2.16. The zero-order chi connectivity index (χ0) is 25.8. The van der Waals surface area contributed by atoms with Gasteiger partial charge in [0.2, 0.25) is 0 Å². The average Bonchev–Trinajstić information content (AvgIpc) is 2.87. The standard InChI is InChI=1S/C26H22BrClN4O4/c1-3-16(2)25-30-23-10-6-19(27)13-22(23)26(33)31(25)29-14-18-12-20(28)7-11-24(18)36-15-17-4-8-21(9-5-17)32(34)35/h4-14,16H,3,15H2,1-2H3/t16-/m0/s1. The van der Waals surface area contributed by atoms with Gasteiger partial charge >= 0.3 is 0 Å². The molecule has 3 aromatic carbocycles. The molecule has 0 spiro atoms. The van der Waals surface area contributed by atoms with Crippen LogP contribution in [0.25, 0.3) is 10.9 Å². The van der Waals surface area contributed by atoms with Crippen LogP contribution in [0.3, 0.4) is 0 Å². The maximum atomic E-state index is 13.4. The Hall–Kier alpha value is -3.56.